The van der Waals surface area contributed by atoms with Gasteiger partial charge in [-0.2, -0.15) is 9.78 Å². The molecule has 0 radical (unpaired) electrons. The lowest BCUT2D eigenvalue weighted by Gasteiger charge is -2.34. The van der Waals surface area contributed by atoms with E-state index in [1.165, 1.54) is 4.68 Å². The smallest absolute Gasteiger partial charge is 0.282 e. The van der Waals surface area contributed by atoms with Gasteiger partial charge in [-0.3, -0.25) is 19.5 Å². The first kappa shape index (κ1) is 20.1. The molecule has 8 heteroatoms. The number of aromatic nitrogens is 4. The lowest BCUT2D eigenvalue weighted by atomic mass is 10.1. The summed E-state index contributed by atoms with van der Waals surface area (Å²) in [5.41, 5.74) is 2.82. The summed E-state index contributed by atoms with van der Waals surface area (Å²) >= 11 is 0. The minimum absolute atomic E-state index is 0.0959. The lowest BCUT2D eigenvalue weighted by Crippen LogP contribution is -2.48. The Balaban J connectivity index is 1.39. The van der Waals surface area contributed by atoms with E-state index in [1.54, 1.807) is 23.2 Å². The molecule has 3 aliphatic heterocycles. The van der Waals surface area contributed by atoms with Crippen molar-refractivity contribution >= 4 is 5.91 Å². The Hall–Kier alpha value is -3.78. The number of hydrogen-bond acceptors (Lipinski definition) is 5. The van der Waals surface area contributed by atoms with E-state index in [2.05, 4.69) is 15.0 Å². The normalized spacial score (nSPS) is 14.7. The van der Waals surface area contributed by atoms with Gasteiger partial charge in [0.2, 0.25) is 0 Å². The number of pyridine rings is 2. The van der Waals surface area contributed by atoms with Gasteiger partial charge in [-0.25, -0.2) is 0 Å². The number of nitrogens with zero attached hydrogens (tertiary/aromatic N) is 6. The maximum Gasteiger partial charge on any atom is 0.282 e. The number of aryl methyl sites for hydroxylation is 1. The number of amides is 1. The number of piperazine rings is 1. The van der Waals surface area contributed by atoms with Gasteiger partial charge in [0.25, 0.3) is 11.5 Å². The number of carbonyl (C=O) groups is 1. The van der Waals surface area contributed by atoms with Crippen LogP contribution in [0.25, 0.3) is 16.9 Å². The van der Waals surface area contributed by atoms with Gasteiger partial charge < -0.3 is 9.47 Å². The maximum atomic E-state index is 13.4. The Morgan fingerprint density at radius 2 is 1.72 bits per heavy atom. The third kappa shape index (κ3) is 3.80. The van der Waals surface area contributed by atoms with Gasteiger partial charge in [0, 0.05) is 58.4 Å². The predicted molar refractivity (Wildman–Crippen MR) is 121 cm³/mol. The number of hydrogen-bond donors (Lipinski definition) is 0. The Labute approximate surface area is 185 Å². The minimum atomic E-state index is -0.225. The maximum absolute atomic E-state index is 13.4. The molecule has 1 aromatic heterocycles. The minimum Gasteiger partial charge on any atom is -0.356 e. The summed E-state index contributed by atoms with van der Waals surface area (Å²) in [5, 5.41) is 4.53. The zero-order chi connectivity index (χ0) is 22.1. The fourth-order valence-corrected chi connectivity index (χ4v) is 4.14. The molecular formula is C24H24N6O2. The molecular weight excluding hydrogens is 404 g/mol. The van der Waals surface area contributed by atoms with Crippen LogP contribution in [0.5, 0.6) is 0 Å². The van der Waals surface area contributed by atoms with Crippen LogP contribution in [0.3, 0.4) is 0 Å². The van der Waals surface area contributed by atoms with Crippen molar-refractivity contribution in [2.75, 3.05) is 26.2 Å². The van der Waals surface area contributed by atoms with Crippen LogP contribution in [0.1, 0.15) is 16.1 Å². The van der Waals surface area contributed by atoms with Gasteiger partial charge in [-0.05, 0) is 24.3 Å². The van der Waals surface area contributed by atoms with Crippen LogP contribution < -0.4 is 5.56 Å². The summed E-state index contributed by atoms with van der Waals surface area (Å²) in [6.45, 7) is 3.56. The molecule has 0 bridgehead atoms. The monoisotopic (exact) mass is 428 g/mol. The van der Waals surface area contributed by atoms with Crippen molar-refractivity contribution in [3.05, 3.63) is 88.7 Å². The number of para-hydroxylation sites is 1. The molecule has 3 aliphatic rings. The molecule has 1 amide bonds. The van der Waals surface area contributed by atoms with Crippen molar-refractivity contribution in [2.24, 2.45) is 7.05 Å². The first-order chi connectivity index (χ1) is 15.6. The second kappa shape index (κ2) is 8.39. The van der Waals surface area contributed by atoms with Crippen LogP contribution in [0.4, 0.5) is 0 Å². The molecule has 1 aromatic carbocycles. The predicted octanol–water partition coefficient (Wildman–Crippen LogP) is 2.03. The van der Waals surface area contributed by atoms with Crippen molar-refractivity contribution in [2.45, 2.75) is 6.54 Å². The van der Waals surface area contributed by atoms with Gasteiger partial charge in [0.15, 0.2) is 0 Å². The van der Waals surface area contributed by atoms with Crippen LogP contribution in [-0.4, -0.2) is 61.2 Å². The Morgan fingerprint density at radius 1 is 0.969 bits per heavy atom. The summed E-state index contributed by atoms with van der Waals surface area (Å²) in [5.74, 6) is -0.0959. The van der Waals surface area contributed by atoms with Crippen LogP contribution in [0.15, 0.2) is 71.9 Å². The Kier molecular flexibility index (Phi) is 5.28. The molecule has 0 unspecified atom stereocenters. The number of carbonyl (C=O) groups excluding carboxylic acids is 1. The van der Waals surface area contributed by atoms with Crippen molar-refractivity contribution in [3.8, 4) is 16.9 Å². The highest BCUT2D eigenvalue weighted by atomic mass is 16.2. The summed E-state index contributed by atoms with van der Waals surface area (Å²) in [7, 11) is 1.82. The van der Waals surface area contributed by atoms with E-state index in [9.17, 15) is 9.59 Å². The van der Waals surface area contributed by atoms with Gasteiger partial charge >= 0.3 is 0 Å². The Morgan fingerprint density at radius 3 is 2.44 bits per heavy atom. The highest BCUT2D eigenvalue weighted by Gasteiger charge is 2.28. The quantitative estimate of drug-likeness (QED) is 0.497. The summed E-state index contributed by atoms with van der Waals surface area (Å²) < 4.78 is 3.12. The molecule has 2 aromatic rings. The molecule has 0 N–H and O–H groups in total. The van der Waals surface area contributed by atoms with Crippen LogP contribution >= 0.6 is 0 Å². The van der Waals surface area contributed by atoms with Crippen molar-refractivity contribution in [1.82, 2.24) is 29.1 Å². The van der Waals surface area contributed by atoms with E-state index >= 15 is 0 Å². The van der Waals surface area contributed by atoms with Gasteiger partial charge in [-0.15, -0.1) is 0 Å². The number of fused-ring (bicyclic) bond motifs is 1. The summed E-state index contributed by atoms with van der Waals surface area (Å²) in [4.78, 5) is 34.9. The van der Waals surface area contributed by atoms with Crippen molar-refractivity contribution in [3.63, 3.8) is 0 Å². The number of rotatable bonds is 4. The standard InChI is InChI=1S/C24H24N6O2/c1-27-16-20(22-21(17-27)24(32)30(26-22)19-8-3-2-4-9-19)23(31)29-13-11-28(12-14-29)15-18-7-5-6-10-25-18/h2-10,16-17H,11-15H2,1H3. The van der Waals surface area contributed by atoms with Gasteiger partial charge in [0.1, 0.15) is 5.69 Å². The largest absolute Gasteiger partial charge is 0.356 e. The van der Waals surface area contributed by atoms with Crippen LogP contribution in [0, 0.1) is 0 Å². The first-order valence-electron chi connectivity index (χ1n) is 10.7. The molecule has 32 heavy (non-hydrogen) atoms. The second-order valence-corrected chi connectivity index (χ2v) is 8.04. The average molecular weight is 428 g/mol. The van der Waals surface area contributed by atoms with E-state index in [0.29, 0.717) is 35.6 Å². The molecule has 162 valence electrons. The van der Waals surface area contributed by atoms with E-state index in [4.69, 9.17) is 0 Å². The van der Waals surface area contributed by atoms with Crippen LogP contribution in [0.2, 0.25) is 0 Å². The number of benzene rings is 1. The molecule has 0 aliphatic carbocycles. The Bertz CT molecular complexity index is 1260. The molecule has 1 fully saturated rings. The third-order valence-corrected chi connectivity index (χ3v) is 5.80. The third-order valence-electron chi connectivity index (χ3n) is 5.80. The molecule has 8 nitrogen and oxygen atoms in total. The second-order valence-electron chi connectivity index (χ2n) is 8.04. The fraction of sp³-hybridized carbons (Fsp3) is 0.250. The lowest BCUT2D eigenvalue weighted by molar-refractivity contribution is 0.0626. The molecule has 4 heterocycles. The van der Waals surface area contributed by atoms with E-state index < -0.39 is 0 Å². The zero-order valence-corrected chi connectivity index (χ0v) is 17.9. The SMILES string of the molecule is Cn1cc(C(=O)N2CCN(Cc3ccccn3)CC2)c2nn(-c3ccccc3)c(=O)c-2c1. The highest BCUT2D eigenvalue weighted by molar-refractivity contribution is 6.00. The fourth-order valence-electron chi connectivity index (χ4n) is 4.14. The first-order valence-corrected chi connectivity index (χ1v) is 10.7. The summed E-state index contributed by atoms with van der Waals surface area (Å²) in [6, 6.07) is 15.2. The zero-order valence-electron chi connectivity index (χ0n) is 17.9. The van der Waals surface area contributed by atoms with E-state index in [0.717, 1.165) is 25.3 Å². The van der Waals surface area contributed by atoms with E-state index in [1.807, 2.05) is 60.5 Å². The topological polar surface area (TPSA) is 76.3 Å². The molecule has 0 spiro atoms. The molecule has 1 saturated heterocycles. The highest BCUT2D eigenvalue weighted by Crippen LogP contribution is 2.23. The molecule has 0 atom stereocenters. The van der Waals surface area contributed by atoms with Crippen molar-refractivity contribution in [1.29, 1.82) is 0 Å². The summed E-state index contributed by atoms with van der Waals surface area (Å²) in [6.07, 6.45) is 5.28. The van der Waals surface area contributed by atoms with Crippen LogP contribution in [-0.2, 0) is 13.6 Å². The van der Waals surface area contributed by atoms with Gasteiger partial charge in [0.05, 0.1) is 22.5 Å². The van der Waals surface area contributed by atoms with E-state index in [-0.39, 0.29) is 11.5 Å². The van der Waals surface area contributed by atoms with Gasteiger partial charge in [-0.1, -0.05) is 24.3 Å². The molecule has 0 saturated carbocycles. The van der Waals surface area contributed by atoms with Crippen molar-refractivity contribution < 1.29 is 4.79 Å². The average Bonchev–Trinajstić information content (AvgIpc) is 3.16. The molecule has 5 rings (SSSR count).